The van der Waals surface area contributed by atoms with E-state index in [4.69, 9.17) is 27.9 Å². The Kier molecular flexibility index (Phi) is 6.81. The van der Waals surface area contributed by atoms with Gasteiger partial charge in [0.1, 0.15) is 0 Å². The third-order valence-corrected chi connectivity index (χ3v) is 5.25. The van der Waals surface area contributed by atoms with Gasteiger partial charge in [-0.3, -0.25) is 0 Å². The maximum absolute atomic E-state index is 6.25. The number of morpholine rings is 1. The quantitative estimate of drug-likeness (QED) is 0.415. The van der Waals surface area contributed by atoms with E-state index in [1.165, 1.54) is 0 Å². The average Bonchev–Trinajstić information content (AvgIpc) is 2.78. The second kappa shape index (κ2) is 9.91. The molecule has 31 heavy (non-hydrogen) atoms. The van der Waals surface area contributed by atoms with Crippen molar-refractivity contribution in [3.8, 4) is 0 Å². The molecule has 1 aliphatic rings. The third kappa shape index (κ3) is 5.81. The van der Waals surface area contributed by atoms with Gasteiger partial charge in [0.15, 0.2) is 0 Å². The number of hydrogen-bond donors (Lipinski definition) is 2. The molecule has 8 nitrogen and oxygen atoms in total. The summed E-state index contributed by atoms with van der Waals surface area (Å²) in [4.78, 5) is 15.6. The Morgan fingerprint density at radius 3 is 2.48 bits per heavy atom. The molecule has 3 aromatic rings. The summed E-state index contributed by atoms with van der Waals surface area (Å²) in [6, 6.07) is 13.0. The number of anilines is 4. The molecule has 2 N–H and O–H groups in total. The lowest BCUT2D eigenvalue weighted by Gasteiger charge is -2.27. The zero-order valence-electron chi connectivity index (χ0n) is 16.8. The van der Waals surface area contributed by atoms with E-state index in [2.05, 4.69) is 30.8 Å². The van der Waals surface area contributed by atoms with Crippen molar-refractivity contribution >= 4 is 52.9 Å². The third-order valence-electron chi connectivity index (χ3n) is 4.59. The van der Waals surface area contributed by atoms with Gasteiger partial charge in [0.05, 0.1) is 19.4 Å². The largest absolute Gasteiger partial charge is 0.378 e. The van der Waals surface area contributed by atoms with Gasteiger partial charge in [-0.1, -0.05) is 41.4 Å². The van der Waals surface area contributed by atoms with Crippen molar-refractivity contribution in [3.63, 3.8) is 0 Å². The number of hydrogen-bond acceptors (Lipinski definition) is 8. The smallest absolute Gasteiger partial charge is 0.250 e. The first-order chi connectivity index (χ1) is 15.1. The van der Waals surface area contributed by atoms with Gasteiger partial charge in [0.2, 0.25) is 17.8 Å². The lowest BCUT2D eigenvalue weighted by Crippen LogP contribution is -2.37. The zero-order chi connectivity index (χ0) is 21.6. The molecule has 0 unspecified atom stereocenters. The highest BCUT2D eigenvalue weighted by atomic mass is 35.5. The molecule has 160 valence electrons. The molecule has 10 heteroatoms. The van der Waals surface area contributed by atoms with Crippen LogP contribution in [0.4, 0.5) is 23.5 Å². The number of aryl methyl sites for hydroxylation is 1. The van der Waals surface area contributed by atoms with Crippen molar-refractivity contribution in [2.24, 2.45) is 5.10 Å². The molecule has 1 saturated heterocycles. The summed E-state index contributed by atoms with van der Waals surface area (Å²) >= 11 is 12.2. The van der Waals surface area contributed by atoms with Gasteiger partial charge in [-0.05, 0) is 42.3 Å². The maximum atomic E-state index is 6.25. The minimum atomic E-state index is 0.322. The number of rotatable bonds is 6. The van der Waals surface area contributed by atoms with Gasteiger partial charge in [-0.15, -0.1) is 0 Å². The Bertz CT molecular complexity index is 1070. The van der Waals surface area contributed by atoms with E-state index in [1.807, 2.05) is 42.2 Å². The Labute approximate surface area is 190 Å². The van der Waals surface area contributed by atoms with E-state index in [0.717, 1.165) is 16.8 Å². The molecule has 1 fully saturated rings. The van der Waals surface area contributed by atoms with Crippen LogP contribution in [-0.2, 0) is 4.74 Å². The number of nitrogens with zero attached hydrogens (tertiary/aromatic N) is 5. The number of halogens is 2. The Hall–Kier alpha value is -2.94. The predicted molar refractivity (Wildman–Crippen MR) is 125 cm³/mol. The van der Waals surface area contributed by atoms with Gasteiger partial charge in [-0.25, -0.2) is 5.43 Å². The molecular formula is C21H21Cl2N7O. The molecule has 0 spiro atoms. The van der Waals surface area contributed by atoms with Crippen LogP contribution in [0.1, 0.15) is 11.1 Å². The van der Waals surface area contributed by atoms with E-state index in [9.17, 15) is 0 Å². The fraction of sp³-hybridized carbons (Fsp3) is 0.238. The van der Waals surface area contributed by atoms with Gasteiger partial charge in [-0.2, -0.15) is 20.1 Å². The Morgan fingerprint density at radius 2 is 1.74 bits per heavy atom. The van der Waals surface area contributed by atoms with Crippen LogP contribution in [0.15, 0.2) is 47.6 Å². The monoisotopic (exact) mass is 457 g/mol. The topological polar surface area (TPSA) is 87.6 Å². The second-order valence-electron chi connectivity index (χ2n) is 6.89. The molecule has 2 heterocycles. The fourth-order valence-corrected chi connectivity index (χ4v) is 3.20. The first-order valence-electron chi connectivity index (χ1n) is 9.73. The van der Waals surface area contributed by atoms with Crippen LogP contribution in [0.3, 0.4) is 0 Å². The molecule has 2 aromatic carbocycles. The Morgan fingerprint density at radius 1 is 1.00 bits per heavy atom. The minimum Gasteiger partial charge on any atom is -0.378 e. The molecule has 4 rings (SSSR count). The molecule has 0 radical (unpaired) electrons. The van der Waals surface area contributed by atoms with Gasteiger partial charge in [0, 0.05) is 28.8 Å². The number of aromatic nitrogens is 3. The van der Waals surface area contributed by atoms with E-state index in [1.54, 1.807) is 18.3 Å². The van der Waals surface area contributed by atoms with Crippen molar-refractivity contribution < 1.29 is 4.74 Å². The van der Waals surface area contributed by atoms with Crippen molar-refractivity contribution in [1.29, 1.82) is 0 Å². The second-order valence-corrected chi connectivity index (χ2v) is 7.74. The van der Waals surface area contributed by atoms with Gasteiger partial charge < -0.3 is 15.0 Å². The van der Waals surface area contributed by atoms with Crippen LogP contribution in [0, 0.1) is 6.92 Å². The maximum Gasteiger partial charge on any atom is 0.250 e. The van der Waals surface area contributed by atoms with Crippen molar-refractivity contribution in [2.45, 2.75) is 6.92 Å². The summed E-state index contributed by atoms with van der Waals surface area (Å²) in [5.41, 5.74) is 5.56. The normalized spacial score (nSPS) is 14.1. The summed E-state index contributed by atoms with van der Waals surface area (Å²) in [5, 5.41) is 8.77. The van der Waals surface area contributed by atoms with Crippen LogP contribution < -0.4 is 15.6 Å². The highest BCUT2D eigenvalue weighted by Gasteiger charge is 2.17. The van der Waals surface area contributed by atoms with Crippen molar-refractivity contribution in [1.82, 2.24) is 15.0 Å². The number of hydrazone groups is 1. The summed E-state index contributed by atoms with van der Waals surface area (Å²) in [6.45, 7) is 4.60. The summed E-state index contributed by atoms with van der Waals surface area (Å²) in [6.07, 6.45) is 1.67. The average molecular weight is 458 g/mol. The molecule has 0 amide bonds. The van der Waals surface area contributed by atoms with Crippen molar-refractivity contribution in [2.75, 3.05) is 41.9 Å². The van der Waals surface area contributed by atoms with Crippen LogP contribution in [0.5, 0.6) is 0 Å². The number of nitrogens with one attached hydrogen (secondary N) is 2. The van der Waals surface area contributed by atoms with Crippen LogP contribution >= 0.6 is 23.2 Å². The molecule has 1 aliphatic heterocycles. The highest BCUT2D eigenvalue weighted by Crippen LogP contribution is 2.23. The number of ether oxygens (including phenoxy) is 1. The van der Waals surface area contributed by atoms with Crippen LogP contribution in [-0.4, -0.2) is 47.5 Å². The standard InChI is InChI=1S/C21H21Cl2N7O/c1-14-2-7-17(12-18(14)23)25-19-26-20(28-21(27-19)30-8-10-31-11-9-30)29-24-13-15-3-5-16(22)6-4-15/h2-7,12-13H,8-11H2,1H3,(H2,25,26,27,28,29)/b24-13-. The summed E-state index contributed by atoms with van der Waals surface area (Å²) in [5.74, 6) is 1.26. The van der Waals surface area contributed by atoms with E-state index in [-0.39, 0.29) is 0 Å². The zero-order valence-corrected chi connectivity index (χ0v) is 18.4. The summed E-state index contributed by atoms with van der Waals surface area (Å²) in [7, 11) is 0. The predicted octanol–water partition coefficient (Wildman–Crippen LogP) is 4.51. The van der Waals surface area contributed by atoms with Crippen molar-refractivity contribution in [3.05, 3.63) is 63.6 Å². The number of benzene rings is 2. The molecule has 0 bridgehead atoms. The van der Waals surface area contributed by atoms with E-state index >= 15 is 0 Å². The molecule has 0 aliphatic carbocycles. The van der Waals surface area contributed by atoms with Gasteiger partial charge >= 0.3 is 0 Å². The van der Waals surface area contributed by atoms with E-state index < -0.39 is 0 Å². The molecular weight excluding hydrogens is 437 g/mol. The lowest BCUT2D eigenvalue weighted by atomic mass is 10.2. The van der Waals surface area contributed by atoms with Crippen LogP contribution in [0.2, 0.25) is 10.0 Å². The van der Waals surface area contributed by atoms with Crippen LogP contribution in [0.25, 0.3) is 0 Å². The highest BCUT2D eigenvalue weighted by molar-refractivity contribution is 6.31. The first-order valence-corrected chi connectivity index (χ1v) is 10.5. The molecule has 0 saturated carbocycles. The fourth-order valence-electron chi connectivity index (χ4n) is 2.89. The Balaban J connectivity index is 1.57. The lowest BCUT2D eigenvalue weighted by molar-refractivity contribution is 0.122. The molecule has 1 aromatic heterocycles. The summed E-state index contributed by atoms with van der Waals surface area (Å²) < 4.78 is 5.43. The van der Waals surface area contributed by atoms with E-state index in [0.29, 0.717) is 54.2 Å². The SMILES string of the molecule is Cc1ccc(Nc2nc(N/N=C\c3ccc(Cl)cc3)nc(N3CCOCC3)n2)cc1Cl. The minimum absolute atomic E-state index is 0.322. The molecule has 0 atom stereocenters. The first kappa shape index (κ1) is 21.3. The van der Waals surface area contributed by atoms with Gasteiger partial charge in [0.25, 0.3) is 0 Å².